The summed E-state index contributed by atoms with van der Waals surface area (Å²) < 4.78 is 0. The summed E-state index contributed by atoms with van der Waals surface area (Å²) in [6.07, 6.45) is 5.73. The monoisotopic (exact) mass is 170 g/mol. The standard InChI is InChI=1S/C9H16O.C2H6/c1-4-7-8(5-2)9(10)6-3;1-2/h5-6,10H,4,7H2,1-3H3;1-2H3/b8-5-,9-6+;. The van der Waals surface area contributed by atoms with Gasteiger partial charge >= 0.3 is 0 Å². The summed E-state index contributed by atoms with van der Waals surface area (Å²) in [5.74, 6) is 0.421. The maximum absolute atomic E-state index is 9.24. The molecule has 0 aromatic carbocycles. The highest BCUT2D eigenvalue weighted by Gasteiger charge is 1.97. The molecule has 0 rings (SSSR count). The molecule has 0 spiro atoms. The van der Waals surface area contributed by atoms with Gasteiger partial charge in [-0.3, -0.25) is 0 Å². The zero-order valence-electron chi connectivity index (χ0n) is 9.02. The second-order valence-corrected chi connectivity index (χ2v) is 2.24. The van der Waals surface area contributed by atoms with Crippen molar-refractivity contribution < 1.29 is 5.11 Å². The molecule has 12 heavy (non-hydrogen) atoms. The predicted molar refractivity (Wildman–Crippen MR) is 56.4 cm³/mol. The van der Waals surface area contributed by atoms with Crippen LogP contribution < -0.4 is 0 Å². The van der Waals surface area contributed by atoms with Gasteiger partial charge in [-0.25, -0.2) is 0 Å². The van der Waals surface area contributed by atoms with Crippen molar-refractivity contribution >= 4 is 0 Å². The molecule has 0 saturated heterocycles. The molecule has 0 fully saturated rings. The van der Waals surface area contributed by atoms with Crippen LogP contribution >= 0.6 is 0 Å². The van der Waals surface area contributed by atoms with Crippen molar-refractivity contribution in [3.63, 3.8) is 0 Å². The van der Waals surface area contributed by atoms with Crippen molar-refractivity contribution in [2.45, 2.75) is 47.5 Å². The van der Waals surface area contributed by atoms with E-state index in [0.29, 0.717) is 5.76 Å². The fourth-order valence-corrected chi connectivity index (χ4v) is 0.875. The fourth-order valence-electron chi connectivity index (χ4n) is 0.875. The highest BCUT2D eigenvalue weighted by atomic mass is 16.3. The predicted octanol–water partition coefficient (Wildman–Crippen LogP) is 4.22. The first-order chi connectivity index (χ1) is 5.76. The molecule has 0 unspecified atom stereocenters. The Morgan fingerprint density at radius 2 is 1.67 bits per heavy atom. The lowest BCUT2D eigenvalue weighted by Crippen LogP contribution is -1.86. The quantitative estimate of drug-likeness (QED) is 0.496. The van der Waals surface area contributed by atoms with E-state index in [2.05, 4.69) is 6.92 Å². The third-order valence-electron chi connectivity index (χ3n) is 1.47. The van der Waals surface area contributed by atoms with E-state index in [4.69, 9.17) is 0 Å². The third kappa shape index (κ3) is 6.02. The van der Waals surface area contributed by atoms with Gasteiger partial charge in [0, 0.05) is 0 Å². The molecule has 0 bridgehead atoms. The van der Waals surface area contributed by atoms with Gasteiger partial charge in [-0.1, -0.05) is 33.3 Å². The highest BCUT2D eigenvalue weighted by molar-refractivity contribution is 5.23. The van der Waals surface area contributed by atoms with Crippen LogP contribution in [-0.2, 0) is 0 Å². The molecule has 0 radical (unpaired) electrons. The summed E-state index contributed by atoms with van der Waals surface area (Å²) in [6, 6.07) is 0. The summed E-state index contributed by atoms with van der Waals surface area (Å²) in [7, 11) is 0. The van der Waals surface area contributed by atoms with Gasteiger partial charge in [-0.2, -0.15) is 0 Å². The maximum Gasteiger partial charge on any atom is 0.114 e. The first-order valence-electron chi connectivity index (χ1n) is 4.77. The van der Waals surface area contributed by atoms with Crippen LogP contribution in [0.15, 0.2) is 23.5 Å². The van der Waals surface area contributed by atoms with Crippen LogP contribution in [0.3, 0.4) is 0 Å². The van der Waals surface area contributed by atoms with Crippen molar-refractivity contribution in [2.75, 3.05) is 0 Å². The Balaban J connectivity index is 0. The van der Waals surface area contributed by atoms with E-state index in [9.17, 15) is 5.11 Å². The van der Waals surface area contributed by atoms with Gasteiger partial charge in [-0.05, 0) is 31.9 Å². The lowest BCUT2D eigenvalue weighted by atomic mass is 10.1. The lowest BCUT2D eigenvalue weighted by molar-refractivity contribution is 0.417. The van der Waals surface area contributed by atoms with Crippen molar-refractivity contribution in [3.8, 4) is 0 Å². The molecule has 72 valence electrons. The third-order valence-corrected chi connectivity index (χ3v) is 1.47. The Morgan fingerprint density at radius 1 is 1.17 bits per heavy atom. The van der Waals surface area contributed by atoms with Gasteiger partial charge in [0.1, 0.15) is 5.76 Å². The molecule has 0 aromatic heterocycles. The molecule has 0 saturated carbocycles. The Labute approximate surface area is 76.8 Å². The average Bonchev–Trinajstić information content (AvgIpc) is 2.16. The average molecular weight is 170 g/mol. The van der Waals surface area contributed by atoms with Crippen LogP contribution in [0, 0.1) is 0 Å². The van der Waals surface area contributed by atoms with E-state index in [1.807, 2.05) is 33.8 Å². The molecular formula is C11H22O. The number of allylic oxidation sites excluding steroid dienone is 3. The molecule has 0 amide bonds. The molecular weight excluding hydrogens is 148 g/mol. The van der Waals surface area contributed by atoms with Crippen LogP contribution in [0.25, 0.3) is 0 Å². The molecule has 0 atom stereocenters. The number of aliphatic hydroxyl groups is 1. The van der Waals surface area contributed by atoms with Crippen molar-refractivity contribution in [3.05, 3.63) is 23.5 Å². The van der Waals surface area contributed by atoms with Crippen LogP contribution in [0.2, 0.25) is 0 Å². The van der Waals surface area contributed by atoms with Gasteiger partial charge in [0.25, 0.3) is 0 Å². The van der Waals surface area contributed by atoms with Gasteiger partial charge in [0.2, 0.25) is 0 Å². The second-order valence-electron chi connectivity index (χ2n) is 2.24. The first kappa shape index (κ1) is 13.8. The van der Waals surface area contributed by atoms with Gasteiger partial charge in [0.05, 0.1) is 0 Å². The summed E-state index contributed by atoms with van der Waals surface area (Å²) in [5.41, 5.74) is 1.05. The molecule has 0 aliphatic heterocycles. The smallest absolute Gasteiger partial charge is 0.114 e. The van der Waals surface area contributed by atoms with Crippen LogP contribution in [-0.4, -0.2) is 5.11 Å². The lowest BCUT2D eigenvalue weighted by Gasteiger charge is -2.02. The molecule has 0 heterocycles. The highest BCUT2D eigenvalue weighted by Crippen LogP contribution is 2.12. The van der Waals surface area contributed by atoms with E-state index in [1.165, 1.54) is 0 Å². The SMILES string of the molecule is C/C=C(CCC)\C(O)=C/C.CC. The van der Waals surface area contributed by atoms with Crippen LogP contribution in [0.5, 0.6) is 0 Å². The van der Waals surface area contributed by atoms with Gasteiger partial charge in [0.15, 0.2) is 0 Å². The Hall–Kier alpha value is -0.720. The second kappa shape index (κ2) is 10.3. The maximum atomic E-state index is 9.24. The van der Waals surface area contributed by atoms with Crippen molar-refractivity contribution in [2.24, 2.45) is 0 Å². The van der Waals surface area contributed by atoms with Crippen LogP contribution in [0.1, 0.15) is 47.5 Å². The minimum Gasteiger partial charge on any atom is -0.508 e. The van der Waals surface area contributed by atoms with Gasteiger partial charge < -0.3 is 5.11 Å². The summed E-state index contributed by atoms with van der Waals surface area (Å²) in [4.78, 5) is 0. The Bertz CT molecular complexity index is 143. The zero-order valence-corrected chi connectivity index (χ0v) is 9.02. The molecule has 0 aliphatic rings. The normalized spacial score (nSPS) is 12.1. The minimum absolute atomic E-state index is 0.421. The number of hydrogen-bond donors (Lipinski definition) is 1. The zero-order chi connectivity index (χ0) is 9.98. The molecule has 1 nitrogen and oxygen atoms in total. The molecule has 1 heteroatoms. The van der Waals surface area contributed by atoms with E-state index in [0.717, 1.165) is 18.4 Å². The largest absolute Gasteiger partial charge is 0.508 e. The van der Waals surface area contributed by atoms with E-state index in [-0.39, 0.29) is 0 Å². The Kier molecular flexibility index (Phi) is 11.9. The molecule has 1 N–H and O–H groups in total. The first-order valence-corrected chi connectivity index (χ1v) is 4.77. The summed E-state index contributed by atoms with van der Waals surface area (Å²) >= 11 is 0. The van der Waals surface area contributed by atoms with Gasteiger partial charge in [-0.15, -0.1) is 0 Å². The number of hydrogen-bond acceptors (Lipinski definition) is 1. The topological polar surface area (TPSA) is 20.2 Å². The summed E-state index contributed by atoms with van der Waals surface area (Å²) in [6.45, 7) is 9.89. The van der Waals surface area contributed by atoms with E-state index in [1.54, 1.807) is 6.08 Å². The molecule has 0 aliphatic carbocycles. The molecule has 0 aromatic rings. The van der Waals surface area contributed by atoms with Crippen molar-refractivity contribution in [1.82, 2.24) is 0 Å². The summed E-state index contributed by atoms with van der Waals surface area (Å²) in [5, 5.41) is 9.24. The van der Waals surface area contributed by atoms with E-state index >= 15 is 0 Å². The Morgan fingerprint density at radius 3 is 1.92 bits per heavy atom. The van der Waals surface area contributed by atoms with Crippen molar-refractivity contribution in [1.29, 1.82) is 0 Å². The number of aliphatic hydroxyl groups excluding tert-OH is 1. The fraction of sp³-hybridized carbons (Fsp3) is 0.636. The minimum atomic E-state index is 0.421. The number of rotatable bonds is 3. The van der Waals surface area contributed by atoms with Crippen LogP contribution in [0.4, 0.5) is 0 Å². The van der Waals surface area contributed by atoms with E-state index < -0.39 is 0 Å².